The predicted molar refractivity (Wildman–Crippen MR) is 49.8 cm³/mol. The van der Waals surface area contributed by atoms with E-state index >= 15 is 0 Å². The average molecular weight is 183 g/mol. The summed E-state index contributed by atoms with van der Waals surface area (Å²) in [5.41, 5.74) is 6.26. The minimum atomic E-state index is -0.372. The molecular weight excluding hydrogens is 174 g/mol. The Bertz CT molecular complexity index is 304. The molecule has 12 heavy (non-hydrogen) atoms. The number of esters is 1. The van der Waals surface area contributed by atoms with E-state index in [2.05, 4.69) is 4.74 Å². The van der Waals surface area contributed by atoms with Crippen molar-refractivity contribution in [1.29, 1.82) is 0 Å². The number of ether oxygens (including phenoxy) is 1. The molecule has 0 amide bonds. The molecule has 0 atom stereocenters. The molecule has 0 aliphatic heterocycles. The van der Waals surface area contributed by atoms with Gasteiger partial charge >= 0.3 is 5.97 Å². The highest BCUT2D eigenvalue weighted by molar-refractivity contribution is 7.11. The van der Waals surface area contributed by atoms with Crippen molar-refractivity contribution in [1.82, 2.24) is 0 Å². The van der Waals surface area contributed by atoms with E-state index in [-0.39, 0.29) is 5.97 Å². The Morgan fingerprint density at radius 1 is 1.75 bits per heavy atom. The summed E-state index contributed by atoms with van der Waals surface area (Å²) in [7, 11) is 1.34. The number of thiophene rings is 1. The van der Waals surface area contributed by atoms with Crippen molar-refractivity contribution >= 4 is 29.1 Å². The third kappa shape index (κ3) is 2.10. The molecule has 64 valence electrons. The van der Waals surface area contributed by atoms with Crippen LogP contribution in [-0.4, -0.2) is 13.1 Å². The molecule has 0 bridgehead atoms. The summed E-state index contributed by atoms with van der Waals surface area (Å²) < 4.78 is 4.43. The summed E-state index contributed by atoms with van der Waals surface area (Å²) in [6.45, 7) is 0. The lowest BCUT2D eigenvalue weighted by molar-refractivity contribution is -0.134. The second kappa shape index (κ2) is 3.92. The largest absolute Gasteiger partial charge is 0.466 e. The number of carbonyl (C=O) groups is 1. The molecule has 0 unspecified atom stereocenters. The molecule has 2 N–H and O–H groups in total. The van der Waals surface area contributed by atoms with Crippen LogP contribution in [0.4, 0.5) is 5.69 Å². The second-order valence-electron chi connectivity index (χ2n) is 2.10. The first kappa shape index (κ1) is 8.80. The lowest BCUT2D eigenvalue weighted by Gasteiger charge is -1.90. The number of anilines is 1. The van der Waals surface area contributed by atoms with Crippen molar-refractivity contribution < 1.29 is 9.53 Å². The number of rotatable bonds is 2. The predicted octanol–water partition coefficient (Wildman–Crippen LogP) is 1.52. The molecule has 0 aromatic carbocycles. The van der Waals surface area contributed by atoms with E-state index < -0.39 is 0 Å². The van der Waals surface area contributed by atoms with Crippen LogP contribution in [0.1, 0.15) is 4.88 Å². The van der Waals surface area contributed by atoms with Crippen LogP contribution < -0.4 is 5.73 Å². The number of nitrogens with two attached hydrogens (primary N) is 1. The Morgan fingerprint density at radius 2 is 2.50 bits per heavy atom. The van der Waals surface area contributed by atoms with Gasteiger partial charge < -0.3 is 10.5 Å². The van der Waals surface area contributed by atoms with E-state index in [1.165, 1.54) is 24.5 Å². The van der Waals surface area contributed by atoms with Gasteiger partial charge in [-0.25, -0.2) is 4.79 Å². The number of hydrogen-bond acceptors (Lipinski definition) is 4. The van der Waals surface area contributed by atoms with Gasteiger partial charge in [-0.15, -0.1) is 11.3 Å². The number of nitrogen functional groups attached to an aromatic ring is 1. The minimum Gasteiger partial charge on any atom is -0.466 e. The van der Waals surface area contributed by atoms with Crippen LogP contribution in [0.5, 0.6) is 0 Å². The zero-order chi connectivity index (χ0) is 8.97. The Hall–Kier alpha value is -1.29. The van der Waals surface area contributed by atoms with Crippen LogP contribution >= 0.6 is 11.3 Å². The summed E-state index contributed by atoms with van der Waals surface area (Å²) in [5, 5.41) is 1.87. The van der Waals surface area contributed by atoms with Crippen molar-refractivity contribution in [3.8, 4) is 0 Å². The molecule has 0 fully saturated rings. The monoisotopic (exact) mass is 183 g/mol. The highest BCUT2D eigenvalue weighted by Crippen LogP contribution is 2.19. The van der Waals surface area contributed by atoms with Gasteiger partial charge in [-0.2, -0.15) is 0 Å². The third-order valence-corrected chi connectivity index (χ3v) is 2.20. The number of hydrogen-bond donors (Lipinski definition) is 1. The summed E-state index contributed by atoms with van der Waals surface area (Å²) in [4.78, 5) is 11.5. The van der Waals surface area contributed by atoms with Gasteiger partial charge in [0.25, 0.3) is 0 Å². The van der Waals surface area contributed by atoms with Gasteiger partial charge in [0.15, 0.2) is 0 Å². The third-order valence-electron chi connectivity index (χ3n) is 1.30. The van der Waals surface area contributed by atoms with Crippen molar-refractivity contribution in [2.24, 2.45) is 0 Å². The second-order valence-corrected chi connectivity index (χ2v) is 3.04. The maximum absolute atomic E-state index is 10.7. The topological polar surface area (TPSA) is 52.3 Å². The zero-order valence-corrected chi connectivity index (χ0v) is 7.43. The molecule has 1 aromatic rings. The van der Waals surface area contributed by atoms with Crippen molar-refractivity contribution in [2.75, 3.05) is 12.8 Å². The van der Waals surface area contributed by atoms with Gasteiger partial charge in [-0.05, 0) is 17.5 Å². The van der Waals surface area contributed by atoms with E-state index in [1.54, 1.807) is 12.1 Å². The normalized spacial score (nSPS) is 10.4. The van der Waals surface area contributed by atoms with Gasteiger partial charge in [0.1, 0.15) is 0 Å². The fourth-order valence-corrected chi connectivity index (χ4v) is 1.39. The molecule has 0 aliphatic carbocycles. The number of methoxy groups -OCH3 is 1. The van der Waals surface area contributed by atoms with Crippen LogP contribution in [0.3, 0.4) is 0 Å². The van der Waals surface area contributed by atoms with E-state index in [0.717, 1.165) is 4.88 Å². The summed E-state index contributed by atoms with van der Waals surface area (Å²) >= 11 is 1.48. The molecule has 0 saturated heterocycles. The molecule has 1 heterocycles. The van der Waals surface area contributed by atoms with Crippen LogP contribution in [0, 0.1) is 0 Å². The molecule has 0 aliphatic rings. The SMILES string of the molecule is COC(=O)/C=C/c1sccc1N. The smallest absolute Gasteiger partial charge is 0.330 e. The Morgan fingerprint density at radius 3 is 3.00 bits per heavy atom. The van der Waals surface area contributed by atoms with Crippen molar-refractivity contribution in [2.45, 2.75) is 0 Å². The zero-order valence-electron chi connectivity index (χ0n) is 6.61. The van der Waals surface area contributed by atoms with Crippen LogP contribution in [-0.2, 0) is 9.53 Å². The maximum Gasteiger partial charge on any atom is 0.330 e. The Kier molecular flexibility index (Phi) is 2.88. The molecule has 0 saturated carbocycles. The minimum absolute atomic E-state index is 0.372. The van der Waals surface area contributed by atoms with Gasteiger partial charge in [-0.1, -0.05) is 0 Å². The molecule has 3 nitrogen and oxygen atoms in total. The van der Waals surface area contributed by atoms with E-state index in [0.29, 0.717) is 5.69 Å². The highest BCUT2D eigenvalue weighted by atomic mass is 32.1. The van der Waals surface area contributed by atoms with Crippen LogP contribution in [0.25, 0.3) is 6.08 Å². The van der Waals surface area contributed by atoms with Gasteiger partial charge in [-0.3, -0.25) is 0 Å². The van der Waals surface area contributed by atoms with Crippen molar-refractivity contribution in [3.05, 3.63) is 22.4 Å². The summed E-state index contributed by atoms with van der Waals surface area (Å²) in [6, 6.07) is 1.79. The molecule has 0 radical (unpaired) electrons. The van der Waals surface area contributed by atoms with E-state index in [4.69, 9.17) is 5.73 Å². The first-order valence-corrected chi connectivity index (χ1v) is 4.21. The average Bonchev–Trinajstić information content (AvgIpc) is 2.47. The molecule has 1 aromatic heterocycles. The van der Waals surface area contributed by atoms with Crippen molar-refractivity contribution in [3.63, 3.8) is 0 Å². The Labute approximate surface area is 74.5 Å². The fraction of sp³-hybridized carbons (Fsp3) is 0.125. The molecule has 0 spiro atoms. The first-order chi connectivity index (χ1) is 5.74. The quantitative estimate of drug-likeness (QED) is 0.558. The van der Waals surface area contributed by atoms with E-state index in [1.807, 2.05) is 5.38 Å². The summed E-state index contributed by atoms with van der Waals surface area (Å²) in [5.74, 6) is -0.372. The molecule has 1 rings (SSSR count). The maximum atomic E-state index is 10.7. The lowest BCUT2D eigenvalue weighted by Crippen LogP contribution is -1.93. The van der Waals surface area contributed by atoms with Crippen LogP contribution in [0.15, 0.2) is 17.5 Å². The van der Waals surface area contributed by atoms with Gasteiger partial charge in [0.2, 0.25) is 0 Å². The summed E-state index contributed by atoms with van der Waals surface area (Å²) in [6.07, 6.45) is 2.99. The standard InChI is InChI=1S/C8H9NO2S/c1-11-8(10)3-2-7-6(9)4-5-12-7/h2-5H,9H2,1H3/b3-2+. The van der Waals surface area contributed by atoms with Gasteiger partial charge in [0, 0.05) is 11.8 Å². The molecular formula is C8H9NO2S. The van der Waals surface area contributed by atoms with E-state index in [9.17, 15) is 4.79 Å². The van der Waals surface area contributed by atoms with Gasteiger partial charge in [0.05, 0.1) is 12.0 Å². The Balaban J connectivity index is 2.69. The number of carbonyl (C=O) groups excluding carboxylic acids is 1. The first-order valence-electron chi connectivity index (χ1n) is 3.33. The molecule has 4 heteroatoms. The fourth-order valence-electron chi connectivity index (χ4n) is 0.678. The lowest BCUT2D eigenvalue weighted by atomic mass is 10.3. The van der Waals surface area contributed by atoms with Crippen LogP contribution in [0.2, 0.25) is 0 Å². The highest BCUT2D eigenvalue weighted by Gasteiger charge is 1.96.